The van der Waals surface area contributed by atoms with Gasteiger partial charge in [0.25, 0.3) is 0 Å². The molecule has 5 nitrogen and oxygen atoms in total. The SMILES string of the molecule is O=C(O)c1ccnc(-c2cc3cc(O)ccc3o2)c1. The minimum absolute atomic E-state index is 0.145. The van der Waals surface area contributed by atoms with E-state index in [1.165, 1.54) is 24.4 Å². The molecule has 2 aromatic heterocycles. The van der Waals surface area contributed by atoms with Gasteiger partial charge in [0, 0.05) is 11.6 Å². The van der Waals surface area contributed by atoms with Gasteiger partial charge in [0.15, 0.2) is 5.76 Å². The molecule has 5 heteroatoms. The number of rotatable bonds is 2. The van der Waals surface area contributed by atoms with Gasteiger partial charge in [0.2, 0.25) is 0 Å². The molecule has 0 aliphatic carbocycles. The fraction of sp³-hybridized carbons (Fsp3) is 0. The number of hydrogen-bond donors (Lipinski definition) is 2. The monoisotopic (exact) mass is 255 g/mol. The molecule has 2 N–H and O–H groups in total. The molecule has 3 aromatic rings. The van der Waals surface area contributed by atoms with Crippen molar-refractivity contribution in [1.82, 2.24) is 4.98 Å². The van der Waals surface area contributed by atoms with E-state index in [0.717, 1.165) is 5.39 Å². The van der Waals surface area contributed by atoms with Gasteiger partial charge in [-0.2, -0.15) is 0 Å². The summed E-state index contributed by atoms with van der Waals surface area (Å²) in [6, 6.07) is 9.32. The molecule has 0 aliphatic heterocycles. The predicted molar refractivity (Wildman–Crippen MR) is 68.1 cm³/mol. The third-order valence-corrected chi connectivity index (χ3v) is 2.76. The molecule has 0 aliphatic rings. The van der Waals surface area contributed by atoms with E-state index >= 15 is 0 Å². The summed E-state index contributed by atoms with van der Waals surface area (Å²) in [5, 5.41) is 19.1. The predicted octanol–water partition coefficient (Wildman–Crippen LogP) is 2.90. The van der Waals surface area contributed by atoms with Crippen LogP contribution in [0.15, 0.2) is 47.0 Å². The summed E-state index contributed by atoms with van der Waals surface area (Å²) in [6.07, 6.45) is 1.42. The third kappa shape index (κ3) is 2.01. The number of carboxylic acids is 1. The van der Waals surface area contributed by atoms with E-state index < -0.39 is 5.97 Å². The van der Waals surface area contributed by atoms with Gasteiger partial charge in [-0.05, 0) is 36.4 Å². The second-order valence-electron chi connectivity index (χ2n) is 4.07. The van der Waals surface area contributed by atoms with Crippen LogP contribution in [0.5, 0.6) is 5.75 Å². The van der Waals surface area contributed by atoms with Crippen molar-refractivity contribution in [3.63, 3.8) is 0 Å². The van der Waals surface area contributed by atoms with Crippen LogP contribution in [-0.4, -0.2) is 21.2 Å². The number of furan rings is 1. The van der Waals surface area contributed by atoms with E-state index in [-0.39, 0.29) is 11.3 Å². The van der Waals surface area contributed by atoms with Crippen LogP contribution in [0.4, 0.5) is 0 Å². The van der Waals surface area contributed by atoms with Crippen molar-refractivity contribution in [3.8, 4) is 17.2 Å². The summed E-state index contributed by atoms with van der Waals surface area (Å²) >= 11 is 0. The summed E-state index contributed by atoms with van der Waals surface area (Å²) < 4.78 is 5.58. The summed E-state index contributed by atoms with van der Waals surface area (Å²) in [6.45, 7) is 0. The zero-order valence-corrected chi connectivity index (χ0v) is 9.70. The lowest BCUT2D eigenvalue weighted by Crippen LogP contribution is -1.96. The molecule has 19 heavy (non-hydrogen) atoms. The van der Waals surface area contributed by atoms with Gasteiger partial charge in [0.1, 0.15) is 17.0 Å². The van der Waals surface area contributed by atoms with Crippen molar-refractivity contribution in [2.75, 3.05) is 0 Å². The van der Waals surface area contributed by atoms with Crippen LogP contribution in [-0.2, 0) is 0 Å². The van der Waals surface area contributed by atoms with Crippen molar-refractivity contribution in [3.05, 3.63) is 48.2 Å². The number of aromatic hydroxyl groups is 1. The van der Waals surface area contributed by atoms with Crippen LogP contribution >= 0.6 is 0 Å². The van der Waals surface area contributed by atoms with Gasteiger partial charge in [-0.25, -0.2) is 4.79 Å². The lowest BCUT2D eigenvalue weighted by atomic mass is 10.2. The fourth-order valence-electron chi connectivity index (χ4n) is 1.86. The second kappa shape index (κ2) is 4.13. The van der Waals surface area contributed by atoms with E-state index in [1.54, 1.807) is 18.2 Å². The molecule has 1 aromatic carbocycles. The number of pyridine rings is 1. The van der Waals surface area contributed by atoms with Crippen LogP contribution in [0.1, 0.15) is 10.4 Å². The average molecular weight is 255 g/mol. The Balaban J connectivity index is 2.13. The minimum Gasteiger partial charge on any atom is -0.508 e. The fourth-order valence-corrected chi connectivity index (χ4v) is 1.86. The van der Waals surface area contributed by atoms with Gasteiger partial charge in [-0.15, -0.1) is 0 Å². The molecular weight excluding hydrogens is 246 g/mol. The van der Waals surface area contributed by atoms with Crippen molar-refractivity contribution < 1.29 is 19.4 Å². The Morgan fingerprint density at radius 1 is 1.16 bits per heavy atom. The number of nitrogens with zero attached hydrogens (tertiary/aromatic N) is 1. The number of aromatic carboxylic acids is 1. The lowest BCUT2D eigenvalue weighted by molar-refractivity contribution is 0.0697. The van der Waals surface area contributed by atoms with Crippen LogP contribution in [0.3, 0.4) is 0 Å². The molecule has 94 valence electrons. The molecule has 0 radical (unpaired) electrons. The molecule has 0 atom stereocenters. The molecule has 2 heterocycles. The quantitative estimate of drug-likeness (QED) is 0.735. The Morgan fingerprint density at radius 2 is 2.00 bits per heavy atom. The molecule has 0 fully saturated rings. The number of hydrogen-bond acceptors (Lipinski definition) is 4. The maximum atomic E-state index is 10.9. The zero-order valence-electron chi connectivity index (χ0n) is 9.70. The average Bonchev–Trinajstić information content (AvgIpc) is 2.81. The highest BCUT2D eigenvalue weighted by atomic mass is 16.4. The maximum Gasteiger partial charge on any atom is 0.335 e. The number of aromatic nitrogens is 1. The summed E-state index contributed by atoms with van der Waals surface area (Å²) in [5.74, 6) is -0.409. The second-order valence-corrected chi connectivity index (χ2v) is 4.07. The van der Waals surface area contributed by atoms with E-state index in [9.17, 15) is 9.90 Å². The molecule has 0 amide bonds. The molecule has 0 saturated heterocycles. The van der Waals surface area contributed by atoms with Crippen molar-refractivity contribution in [2.24, 2.45) is 0 Å². The number of phenols is 1. The van der Waals surface area contributed by atoms with E-state index in [0.29, 0.717) is 17.0 Å². The Labute approximate surface area is 107 Å². The number of benzene rings is 1. The maximum absolute atomic E-state index is 10.9. The first-order valence-electron chi connectivity index (χ1n) is 5.56. The van der Waals surface area contributed by atoms with Gasteiger partial charge in [-0.1, -0.05) is 0 Å². The van der Waals surface area contributed by atoms with Crippen LogP contribution in [0.25, 0.3) is 22.4 Å². The van der Waals surface area contributed by atoms with Crippen molar-refractivity contribution in [2.45, 2.75) is 0 Å². The Kier molecular flexibility index (Phi) is 2.45. The van der Waals surface area contributed by atoms with E-state index in [4.69, 9.17) is 9.52 Å². The molecule has 0 spiro atoms. The highest BCUT2D eigenvalue weighted by Gasteiger charge is 2.10. The summed E-state index contributed by atoms with van der Waals surface area (Å²) in [5.41, 5.74) is 1.19. The first kappa shape index (κ1) is 11.3. The Morgan fingerprint density at radius 3 is 2.79 bits per heavy atom. The Bertz CT molecular complexity index is 776. The minimum atomic E-state index is -1.02. The van der Waals surface area contributed by atoms with Crippen molar-refractivity contribution >= 4 is 16.9 Å². The molecule has 0 unspecified atom stereocenters. The first-order valence-corrected chi connectivity index (χ1v) is 5.56. The number of carbonyl (C=O) groups is 1. The smallest absolute Gasteiger partial charge is 0.335 e. The third-order valence-electron chi connectivity index (χ3n) is 2.76. The van der Waals surface area contributed by atoms with Gasteiger partial charge < -0.3 is 14.6 Å². The summed E-state index contributed by atoms with van der Waals surface area (Å²) in [4.78, 5) is 15.0. The van der Waals surface area contributed by atoms with E-state index in [1.807, 2.05) is 0 Å². The standard InChI is InChI=1S/C14H9NO4/c16-10-1-2-12-9(5-10)7-13(19-12)11-6-8(14(17)18)3-4-15-11/h1-7,16H,(H,17,18). The molecule has 0 bridgehead atoms. The van der Waals surface area contributed by atoms with Gasteiger partial charge in [0.05, 0.1) is 5.56 Å². The number of fused-ring (bicyclic) bond motifs is 1. The lowest BCUT2D eigenvalue weighted by Gasteiger charge is -1.97. The van der Waals surface area contributed by atoms with Gasteiger partial charge >= 0.3 is 5.97 Å². The van der Waals surface area contributed by atoms with Crippen molar-refractivity contribution in [1.29, 1.82) is 0 Å². The first-order chi connectivity index (χ1) is 9.13. The highest BCUT2D eigenvalue weighted by Crippen LogP contribution is 2.29. The Hall–Kier alpha value is -2.82. The van der Waals surface area contributed by atoms with E-state index in [2.05, 4.69) is 4.98 Å². The zero-order chi connectivity index (χ0) is 13.4. The number of phenolic OH excluding ortho intramolecular Hbond substituents is 1. The topological polar surface area (TPSA) is 83.6 Å². The summed E-state index contributed by atoms with van der Waals surface area (Å²) in [7, 11) is 0. The normalized spacial score (nSPS) is 10.7. The number of carboxylic acid groups (broad SMARTS) is 1. The molecule has 3 rings (SSSR count). The van der Waals surface area contributed by atoms with Crippen LogP contribution in [0.2, 0.25) is 0 Å². The van der Waals surface area contributed by atoms with Crippen LogP contribution in [0, 0.1) is 0 Å². The van der Waals surface area contributed by atoms with Crippen LogP contribution < -0.4 is 0 Å². The van der Waals surface area contributed by atoms with Gasteiger partial charge in [-0.3, -0.25) is 4.98 Å². The molecular formula is C14H9NO4. The molecule has 0 saturated carbocycles. The highest BCUT2D eigenvalue weighted by molar-refractivity contribution is 5.89. The largest absolute Gasteiger partial charge is 0.508 e.